The Morgan fingerprint density at radius 1 is 1.38 bits per heavy atom. The van der Waals surface area contributed by atoms with Gasteiger partial charge in [0.15, 0.2) is 5.96 Å². The van der Waals surface area contributed by atoms with Crippen LogP contribution in [0.2, 0.25) is 0 Å². The van der Waals surface area contributed by atoms with Crippen LogP contribution in [-0.4, -0.2) is 47.0 Å². The fraction of sp³-hybridized carbons (Fsp3) is 0.929. The van der Waals surface area contributed by atoms with Crippen molar-refractivity contribution in [2.45, 2.75) is 57.2 Å². The fourth-order valence-corrected chi connectivity index (χ4v) is 3.86. The molecule has 0 aromatic carbocycles. The summed E-state index contributed by atoms with van der Waals surface area (Å²) >= 11 is 0. The second-order valence-corrected chi connectivity index (χ2v) is 7.11. The highest BCUT2D eigenvalue weighted by Gasteiger charge is 2.25. The van der Waals surface area contributed by atoms with Crippen LogP contribution in [0.4, 0.5) is 4.39 Å². The highest BCUT2D eigenvalue weighted by atomic mass is 127. The second-order valence-electron chi connectivity index (χ2n) is 5.10. The quantitative estimate of drug-likeness (QED) is 0.281. The van der Waals surface area contributed by atoms with Gasteiger partial charge in [-0.25, -0.2) is 0 Å². The van der Waals surface area contributed by atoms with Crippen molar-refractivity contribution in [1.29, 1.82) is 0 Å². The molecule has 126 valence electrons. The lowest BCUT2D eigenvalue weighted by molar-refractivity contribution is 0.413. The van der Waals surface area contributed by atoms with Gasteiger partial charge in [0.1, 0.15) is 0 Å². The van der Waals surface area contributed by atoms with Gasteiger partial charge in [0.05, 0.1) is 6.67 Å². The number of halogens is 2. The number of nitrogens with one attached hydrogen (secondary N) is 2. The van der Waals surface area contributed by atoms with Crippen molar-refractivity contribution in [2.24, 2.45) is 4.99 Å². The van der Waals surface area contributed by atoms with Crippen molar-refractivity contribution >= 4 is 40.7 Å². The predicted octanol–water partition coefficient (Wildman–Crippen LogP) is 2.60. The van der Waals surface area contributed by atoms with E-state index < -0.39 is 10.8 Å². The van der Waals surface area contributed by atoms with E-state index in [-0.39, 0.29) is 30.7 Å². The van der Waals surface area contributed by atoms with Crippen LogP contribution >= 0.6 is 24.0 Å². The number of alkyl halides is 1. The molecule has 1 fully saturated rings. The molecular weight excluding hydrogens is 404 g/mol. The van der Waals surface area contributed by atoms with Crippen molar-refractivity contribution < 1.29 is 8.60 Å². The normalized spacial score (nSPS) is 24.0. The minimum absolute atomic E-state index is 0. The van der Waals surface area contributed by atoms with Gasteiger partial charge in [-0.2, -0.15) is 0 Å². The van der Waals surface area contributed by atoms with Gasteiger partial charge in [0.25, 0.3) is 0 Å². The maximum atomic E-state index is 12.1. The number of nitrogens with zero attached hydrogens (tertiary/aromatic N) is 1. The highest BCUT2D eigenvalue weighted by molar-refractivity contribution is 14.0. The van der Waals surface area contributed by atoms with Gasteiger partial charge >= 0.3 is 0 Å². The van der Waals surface area contributed by atoms with Crippen molar-refractivity contribution in [1.82, 2.24) is 10.6 Å². The zero-order chi connectivity index (χ0) is 14.8. The Balaban J connectivity index is 0.00000400. The molecule has 21 heavy (non-hydrogen) atoms. The minimum Gasteiger partial charge on any atom is -0.357 e. The third kappa shape index (κ3) is 8.32. The molecule has 0 aromatic heterocycles. The van der Waals surface area contributed by atoms with E-state index in [9.17, 15) is 8.60 Å². The van der Waals surface area contributed by atoms with Crippen LogP contribution in [0.15, 0.2) is 4.99 Å². The largest absolute Gasteiger partial charge is 0.357 e. The number of hydrogen-bond donors (Lipinski definition) is 2. The van der Waals surface area contributed by atoms with Gasteiger partial charge < -0.3 is 10.6 Å². The van der Waals surface area contributed by atoms with Gasteiger partial charge in [-0.05, 0) is 32.6 Å². The van der Waals surface area contributed by atoms with Crippen molar-refractivity contribution in [3.05, 3.63) is 0 Å². The monoisotopic (exact) mass is 433 g/mol. The van der Waals surface area contributed by atoms with Crippen LogP contribution in [0.3, 0.4) is 0 Å². The Morgan fingerprint density at radius 2 is 2.14 bits per heavy atom. The summed E-state index contributed by atoms with van der Waals surface area (Å²) in [7, 11) is -0.709. The molecule has 4 nitrogen and oxygen atoms in total. The molecule has 7 heteroatoms. The summed E-state index contributed by atoms with van der Waals surface area (Å²) in [4.78, 5) is 4.37. The van der Waals surface area contributed by atoms with Gasteiger partial charge in [-0.1, -0.05) is 13.3 Å². The lowest BCUT2D eigenvalue weighted by atomic mass is 9.95. The summed E-state index contributed by atoms with van der Waals surface area (Å²) in [6, 6.07) is 0.326. The summed E-state index contributed by atoms with van der Waals surface area (Å²) in [5.74, 6) is 1.50. The first-order chi connectivity index (χ1) is 9.71. The van der Waals surface area contributed by atoms with Crippen LogP contribution < -0.4 is 10.6 Å². The summed E-state index contributed by atoms with van der Waals surface area (Å²) in [6.45, 7) is 4.96. The molecule has 3 unspecified atom stereocenters. The molecule has 0 saturated heterocycles. The molecule has 0 aliphatic heterocycles. The van der Waals surface area contributed by atoms with Crippen molar-refractivity contribution in [2.75, 3.05) is 25.5 Å². The smallest absolute Gasteiger partial charge is 0.191 e. The maximum Gasteiger partial charge on any atom is 0.191 e. The van der Waals surface area contributed by atoms with E-state index in [0.717, 1.165) is 43.9 Å². The summed E-state index contributed by atoms with van der Waals surface area (Å²) in [6.07, 6.45) is 4.66. The molecule has 0 aromatic rings. The lowest BCUT2D eigenvalue weighted by Gasteiger charge is -2.30. The Hall–Kier alpha value is 0.0800. The summed E-state index contributed by atoms with van der Waals surface area (Å²) < 4.78 is 24.1. The molecule has 1 aliphatic rings. The zero-order valence-corrected chi connectivity index (χ0v) is 16.2. The molecule has 3 atom stereocenters. The fourth-order valence-electron chi connectivity index (χ4n) is 2.51. The Bertz CT molecular complexity index is 331. The van der Waals surface area contributed by atoms with E-state index in [2.05, 4.69) is 15.6 Å². The van der Waals surface area contributed by atoms with Gasteiger partial charge in [-0.3, -0.25) is 13.6 Å². The molecule has 0 bridgehead atoms. The van der Waals surface area contributed by atoms with E-state index >= 15 is 0 Å². The van der Waals surface area contributed by atoms with Crippen LogP contribution in [0, 0.1) is 0 Å². The molecule has 1 rings (SSSR count). The first kappa shape index (κ1) is 21.1. The van der Waals surface area contributed by atoms with E-state index in [1.165, 1.54) is 0 Å². The number of hydrogen-bond acceptors (Lipinski definition) is 2. The zero-order valence-electron chi connectivity index (χ0n) is 13.1. The van der Waals surface area contributed by atoms with Crippen LogP contribution in [0.5, 0.6) is 0 Å². The van der Waals surface area contributed by atoms with E-state index in [1.807, 2.05) is 13.8 Å². The first-order valence-corrected chi connectivity index (χ1v) is 9.07. The average molecular weight is 433 g/mol. The number of guanidine groups is 1. The average Bonchev–Trinajstić information content (AvgIpc) is 2.47. The SMILES string of the molecule is CCNC(=NCCCF)NC1CCCC(S(=O)CC)C1.I. The molecule has 1 saturated carbocycles. The minimum atomic E-state index is -0.709. The molecule has 0 spiro atoms. The number of rotatable bonds is 7. The van der Waals surface area contributed by atoms with Gasteiger partial charge in [0.2, 0.25) is 0 Å². The van der Waals surface area contributed by atoms with Gasteiger partial charge in [0, 0.05) is 40.9 Å². The standard InChI is InChI=1S/C14H28FN3OS.HI/c1-3-16-14(17-10-6-9-15)18-12-7-5-8-13(11-12)20(19)4-2;/h12-13H,3-11H2,1-2H3,(H2,16,17,18);1H. The molecule has 0 heterocycles. The summed E-state index contributed by atoms with van der Waals surface area (Å²) in [5, 5.41) is 6.90. The lowest BCUT2D eigenvalue weighted by Crippen LogP contribution is -2.46. The molecular formula is C14H29FIN3OS. The predicted molar refractivity (Wildman–Crippen MR) is 99.8 cm³/mol. The Kier molecular flexibility index (Phi) is 12.7. The van der Waals surface area contributed by atoms with E-state index in [1.54, 1.807) is 0 Å². The maximum absolute atomic E-state index is 12.1. The van der Waals surface area contributed by atoms with E-state index in [0.29, 0.717) is 24.3 Å². The molecule has 0 radical (unpaired) electrons. The topological polar surface area (TPSA) is 53.5 Å². The Morgan fingerprint density at radius 3 is 2.76 bits per heavy atom. The molecule has 1 aliphatic carbocycles. The van der Waals surface area contributed by atoms with Crippen LogP contribution in [-0.2, 0) is 10.8 Å². The summed E-state index contributed by atoms with van der Waals surface area (Å²) in [5.41, 5.74) is 0. The number of aliphatic imine (C=N–C) groups is 1. The van der Waals surface area contributed by atoms with Gasteiger partial charge in [-0.15, -0.1) is 24.0 Å². The van der Waals surface area contributed by atoms with Crippen molar-refractivity contribution in [3.63, 3.8) is 0 Å². The molecule has 0 amide bonds. The third-order valence-electron chi connectivity index (χ3n) is 3.53. The highest BCUT2D eigenvalue weighted by Crippen LogP contribution is 2.22. The Labute approximate surface area is 147 Å². The van der Waals surface area contributed by atoms with Crippen LogP contribution in [0.25, 0.3) is 0 Å². The molecule has 2 N–H and O–H groups in total. The second kappa shape index (κ2) is 12.6. The van der Waals surface area contributed by atoms with Crippen molar-refractivity contribution in [3.8, 4) is 0 Å². The first-order valence-electron chi connectivity index (χ1n) is 7.69. The third-order valence-corrected chi connectivity index (χ3v) is 5.27. The van der Waals surface area contributed by atoms with Crippen LogP contribution in [0.1, 0.15) is 46.0 Å². The van der Waals surface area contributed by atoms with E-state index in [4.69, 9.17) is 0 Å².